The van der Waals surface area contributed by atoms with Gasteiger partial charge in [0.15, 0.2) is 0 Å². The van der Waals surface area contributed by atoms with Crippen LogP contribution in [0, 0.1) is 6.92 Å². The molecule has 0 aliphatic rings. The van der Waals surface area contributed by atoms with Crippen molar-refractivity contribution in [3.63, 3.8) is 0 Å². The standard InChI is InChI=1S/C16H17BrN2O2/c1-11-3-6-13(7-4-11)19-16(20)10-18-14-9-12(17)5-8-15(14)21-2/h3-9,18H,10H2,1-2H3,(H,19,20). The molecule has 0 saturated carbocycles. The molecule has 0 spiro atoms. The van der Waals surface area contributed by atoms with Crippen molar-refractivity contribution < 1.29 is 9.53 Å². The summed E-state index contributed by atoms with van der Waals surface area (Å²) in [5.41, 5.74) is 2.71. The highest BCUT2D eigenvalue weighted by atomic mass is 79.9. The number of halogens is 1. The molecule has 0 saturated heterocycles. The van der Waals surface area contributed by atoms with Crippen LogP contribution in [0.5, 0.6) is 5.75 Å². The lowest BCUT2D eigenvalue weighted by Crippen LogP contribution is -2.21. The minimum atomic E-state index is -0.110. The van der Waals surface area contributed by atoms with Crippen molar-refractivity contribution in [2.75, 3.05) is 24.3 Å². The highest BCUT2D eigenvalue weighted by molar-refractivity contribution is 9.10. The molecule has 0 heterocycles. The SMILES string of the molecule is COc1ccc(Br)cc1NCC(=O)Nc1ccc(C)cc1. The van der Waals surface area contributed by atoms with Crippen LogP contribution in [0.4, 0.5) is 11.4 Å². The second-order valence-electron chi connectivity index (χ2n) is 4.61. The number of amides is 1. The molecule has 110 valence electrons. The van der Waals surface area contributed by atoms with Crippen molar-refractivity contribution in [1.82, 2.24) is 0 Å². The number of rotatable bonds is 5. The molecule has 0 aromatic heterocycles. The van der Waals surface area contributed by atoms with Gasteiger partial charge in [-0.2, -0.15) is 0 Å². The van der Waals surface area contributed by atoms with Gasteiger partial charge >= 0.3 is 0 Å². The topological polar surface area (TPSA) is 50.4 Å². The number of anilines is 2. The van der Waals surface area contributed by atoms with Crippen LogP contribution >= 0.6 is 15.9 Å². The average Bonchev–Trinajstić information content (AvgIpc) is 2.48. The maximum absolute atomic E-state index is 11.9. The van der Waals surface area contributed by atoms with Gasteiger partial charge in [-0.05, 0) is 37.3 Å². The molecule has 4 nitrogen and oxygen atoms in total. The van der Waals surface area contributed by atoms with E-state index in [1.807, 2.05) is 49.4 Å². The second-order valence-corrected chi connectivity index (χ2v) is 5.53. The monoisotopic (exact) mass is 348 g/mol. The number of hydrogen-bond acceptors (Lipinski definition) is 3. The van der Waals surface area contributed by atoms with Gasteiger partial charge in [0, 0.05) is 10.2 Å². The first-order valence-corrected chi connectivity index (χ1v) is 7.31. The zero-order chi connectivity index (χ0) is 15.2. The fourth-order valence-corrected chi connectivity index (χ4v) is 2.20. The van der Waals surface area contributed by atoms with Gasteiger partial charge in [0.2, 0.25) is 5.91 Å². The summed E-state index contributed by atoms with van der Waals surface area (Å²) in [7, 11) is 1.60. The van der Waals surface area contributed by atoms with Gasteiger partial charge in [-0.1, -0.05) is 33.6 Å². The predicted molar refractivity (Wildman–Crippen MR) is 89.0 cm³/mol. The van der Waals surface area contributed by atoms with Gasteiger partial charge < -0.3 is 15.4 Å². The zero-order valence-corrected chi connectivity index (χ0v) is 13.5. The van der Waals surface area contributed by atoms with Crippen LogP contribution in [0.3, 0.4) is 0 Å². The third-order valence-corrected chi connectivity index (χ3v) is 3.43. The van der Waals surface area contributed by atoms with Gasteiger partial charge in [-0.3, -0.25) is 4.79 Å². The number of nitrogens with one attached hydrogen (secondary N) is 2. The van der Waals surface area contributed by atoms with Crippen LogP contribution in [0.25, 0.3) is 0 Å². The minimum absolute atomic E-state index is 0.110. The molecule has 0 fully saturated rings. The molecule has 2 aromatic rings. The van der Waals surface area contributed by atoms with E-state index in [9.17, 15) is 4.79 Å². The zero-order valence-electron chi connectivity index (χ0n) is 11.9. The van der Waals surface area contributed by atoms with Crippen molar-refractivity contribution >= 4 is 33.2 Å². The van der Waals surface area contributed by atoms with Crippen LogP contribution in [0.15, 0.2) is 46.9 Å². The molecular weight excluding hydrogens is 332 g/mol. The minimum Gasteiger partial charge on any atom is -0.495 e. The van der Waals surface area contributed by atoms with Gasteiger partial charge in [0.05, 0.1) is 19.3 Å². The largest absolute Gasteiger partial charge is 0.495 e. The van der Waals surface area contributed by atoms with Crippen LogP contribution in [0.1, 0.15) is 5.56 Å². The number of carbonyl (C=O) groups excluding carboxylic acids is 1. The maximum Gasteiger partial charge on any atom is 0.243 e. The highest BCUT2D eigenvalue weighted by Gasteiger charge is 2.06. The first-order chi connectivity index (χ1) is 10.1. The van der Waals surface area contributed by atoms with E-state index in [0.717, 1.165) is 21.4 Å². The summed E-state index contributed by atoms with van der Waals surface area (Å²) in [6.07, 6.45) is 0. The number of aryl methyl sites for hydroxylation is 1. The van der Waals surface area contributed by atoms with Crippen LogP contribution in [-0.2, 0) is 4.79 Å². The van der Waals surface area contributed by atoms with Crippen LogP contribution in [0.2, 0.25) is 0 Å². The molecular formula is C16H17BrN2O2. The van der Waals surface area contributed by atoms with Gasteiger partial charge in [-0.15, -0.1) is 0 Å². The molecule has 2 N–H and O–H groups in total. The maximum atomic E-state index is 11.9. The number of benzene rings is 2. The summed E-state index contributed by atoms with van der Waals surface area (Å²) in [6.45, 7) is 2.17. The third kappa shape index (κ3) is 4.49. The molecule has 0 aliphatic carbocycles. The fourth-order valence-electron chi connectivity index (χ4n) is 1.84. The second kappa shape index (κ2) is 7.13. The normalized spacial score (nSPS) is 10.0. The van der Waals surface area contributed by atoms with E-state index in [-0.39, 0.29) is 12.5 Å². The van der Waals surface area contributed by atoms with E-state index in [1.54, 1.807) is 7.11 Å². The van der Waals surface area contributed by atoms with Crippen LogP contribution in [-0.4, -0.2) is 19.6 Å². The third-order valence-electron chi connectivity index (χ3n) is 2.94. The molecule has 5 heteroatoms. The number of ether oxygens (including phenoxy) is 1. The molecule has 2 aromatic carbocycles. The molecule has 0 radical (unpaired) electrons. The Balaban J connectivity index is 1.95. The van der Waals surface area contributed by atoms with Gasteiger partial charge in [0.25, 0.3) is 0 Å². The van der Waals surface area contributed by atoms with Crippen molar-refractivity contribution in [1.29, 1.82) is 0 Å². The van der Waals surface area contributed by atoms with E-state index in [0.29, 0.717) is 5.75 Å². The number of methoxy groups -OCH3 is 1. The molecule has 2 rings (SSSR count). The average molecular weight is 349 g/mol. The summed E-state index contributed by atoms with van der Waals surface area (Å²) >= 11 is 3.40. The van der Waals surface area contributed by atoms with E-state index >= 15 is 0 Å². The Hall–Kier alpha value is -2.01. The van der Waals surface area contributed by atoms with Crippen LogP contribution < -0.4 is 15.4 Å². The number of carbonyl (C=O) groups is 1. The van der Waals surface area contributed by atoms with Gasteiger partial charge in [-0.25, -0.2) is 0 Å². The predicted octanol–water partition coefficient (Wildman–Crippen LogP) is 3.82. The molecule has 0 aliphatic heterocycles. The molecule has 0 bridgehead atoms. The molecule has 0 atom stereocenters. The summed E-state index contributed by atoms with van der Waals surface area (Å²) in [4.78, 5) is 11.9. The molecule has 1 amide bonds. The van der Waals surface area contributed by atoms with Gasteiger partial charge in [0.1, 0.15) is 5.75 Å². The van der Waals surface area contributed by atoms with E-state index in [4.69, 9.17) is 4.74 Å². The number of hydrogen-bond donors (Lipinski definition) is 2. The van der Waals surface area contributed by atoms with Crippen molar-refractivity contribution in [2.45, 2.75) is 6.92 Å². The quantitative estimate of drug-likeness (QED) is 0.863. The Morgan fingerprint density at radius 1 is 1.19 bits per heavy atom. The van der Waals surface area contributed by atoms with Crippen molar-refractivity contribution in [3.05, 3.63) is 52.5 Å². The van der Waals surface area contributed by atoms with E-state index in [1.165, 1.54) is 0 Å². The van der Waals surface area contributed by atoms with E-state index < -0.39 is 0 Å². The first-order valence-electron chi connectivity index (χ1n) is 6.52. The smallest absolute Gasteiger partial charge is 0.243 e. The lowest BCUT2D eigenvalue weighted by Gasteiger charge is -2.12. The Morgan fingerprint density at radius 3 is 2.57 bits per heavy atom. The summed E-state index contributed by atoms with van der Waals surface area (Å²) in [5, 5.41) is 5.91. The Kier molecular flexibility index (Phi) is 5.22. The lowest BCUT2D eigenvalue weighted by atomic mass is 10.2. The molecule has 21 heavy (non-hydrogen) atoms. The highest BCUT2D eigenvalue weighted by Crippen LogP contribution is 2.27. The summed E-state index contributed by atoms with van der Waals surface area (Å²) < 4.78 is 6.17. The fraction of sp³-hybridized carbons (Fsp3) is 0.188. The Morgan fingerprint density at radius 2 is 1.90 bits per heavy atom. The Bertz CT molecular complexity index is 627. The Labute approximate surface area is 132 Å². The summed E-state index contributed by atoms with van der Waals surface area (Å²) in [5.74, 6) is 0.585. The summed E-state index contributed by atoms with van der Waals surface area (Å²) in [6, 6.07) is 13.3. The molecule has 0 unspecified atom stereocenters. The van der Waals surface area contributed by atoms with E-state index in [2.05, 4.69) is 26.6 Å². The van der Waals surface area contributed by atoms with Crippen molar-refractivity contribution in [3.8, 4) is 5.75 Å². The first kappa shape index (κ1) is 15.4. The van der Waals surface area contributed by atoms with Crippen molar-refractivity contribution in [2.24, 2.45) is 0 Å². The lowest BCUT2D eigenvalue weighted by molar-refractivity contribution is -0.114.